The van der Waals surface area contributed by atoms with Crippen molar-refractivity contribution in [2.75, 3.05) is 11.9 Å². The number of anilines is 1. The van der Waals surface area contributed by atoms with Gasteiger partial charge < -0.3 is 10.2 Å². The van der Waals surface area contributed by atoms with Gasteiger partial charge in [0, 0.05) is 17.2 Å². The third kappa shape index (κ3) is 2.68. The summed E-state index contributed by atoms with van der Waals surface area (Å²) in [4.78, 5) is 27.0. The van der Waals surface area contributed by atoms with Crippen molar-refractivity contribution in [3.63, 3.8) is 0 Å². The van der Waals surface area contributed by atoms with E-state index in [0.29, 0.717) is 0 Å². The largest absolute Gasteiger partial charge is 0.324 e. The first kappa shape index (κ1) is 14.9. The van der Waals surface area contributed by atoms with Gasteiger partial charge in [0.25, 0.3) is 0 Å². The number of rotatable bonds is 2. The Balaban J connectivity index is 1.88. The summed E-state index contributed by atoms with van der Waals surface area (Å²) in [5.41, 5.74) is 3.94. The molecule has 0 unspecified atom stereocenters. The average molecular weight is 320 g/mol. The summed E-state index contributed by atoms with van der Waals surface area (Å²) in [6.45, 7) is 2.13. The Morgan fingerprint density at radius 1 is 1.12 bits per heavy atom. The molecule has 24 heavy (non-hydrogen) atoms. The molecular formula is C20H20N2O2. The third-order valence-corrected chi connectivity index (χ3v) is 4.73. The van der Waals surface area contributed by atoms with E-state index in [2.05, 4.69) is 11.4 Å². The lowest BCUT2D eigenvalue weighted by atomic mass is 9.94. The molecule has 2 aromatic rings. The van der Waals surface area contributed by atoms with Gasteiger partial charge in [0.05, 0.1) is 6.04 Å². The molecule has 1 aliphatic heterocycles. The maximum Gasteiger partial charge on any atom is 0.244 e. The molecule has 2 amide bonds. The summed E-state index contributed by atoms with van der Waals surface area (Å²) in [5.74, 6) is 0.0382. The molecule has 0 saturated heterocycles. The number of amides is 2. The molecular weight excluding hydrogens is 300 g/mol. The minimum Gasteiger partial charge on any atom is -0.324 e. The SMILES string of the molecule is Cc1ccc2c(c1)[C@@H](c1ccccc1)N(C(=O)C1CC1)CC(=O)N2. The Morgan fingerprint density at radius 3 is 2.58 bits per heavy atom. The van der Waals surface area contributed by atoms with Gasteiger partial charge in [-0.1, -0.05) is 48.0 Å². The molecule has 0 radical (unpaired) electrons. The summed E-state index contributed by atoms with van der Waals surface area (Å²) >= 11 is 0. The minimum atomic E-state index is -0.229. The lowest BCUT2D eigenvalue weighted by Crippen LogP contribution is -2.39. The van der Waals surface area contributed by atoms with Gasteiger partial charge in [-0.3, -0.25) is 9.59 Å². The number of hydrogen-bond donors (Lipinski definition) is 1. The van der Waals surface area contributed by atoms with E-state index >= 15 is 0 Å². The number of nitrogens with one attached hydrogen (secondary N) is 1. The fourth-order valence-corrected chi connectivity index (χ4v) is 3.39. The first-order chi connectivity index (χ1) is 11.6. The first-order valence-corrected chi connectivity index (χ1v) is 8.39. The van der Waals surface area contributed by atoms with Gasteiger partial charge in [-0.05, 0) is 31.4 Å². The summed E-state index contributed by atoms with van der Waals surface area (Å²) in [6, 6.07) is 15.7. The highest BCUT2D eigenvalue weighted by atomic mass is 16.2. The van der Waals surface area contributed by atoms with Gasteiger partial charge in [-0.25, -0.2) is 0 Å². The zero-order valence-electron chi connectivity index (χ0n) is 13.7. The number of carbonyl (C=O) groups is 2. The van der Waals surface area contributed by atoms with Gasteiger partial charge in [0.1, 0.15) is 6.54 Å². The second-order valence-electron chi connectivity index (χ2n) is 6.69. The zero-order valence-corrected chi connectivity index (χ0v) is 13.7. The van der Waals surface area contributed by atoms with Crippen LogP contribution in [0.1, 0.15) is 35.6 Å². The van der Waals surface area contributed by atoms with Crippen LogP contribution in [0.5, 0.6) is 0 Å². The standard InChI is InChI=1S/C20H20N2O2/c1-13-7-10-17-16(11-13)19(14-5-3-2-4-6-14)22(12-18(23)21-17)20(24)15-8-9-15/h2-7,10-11,15,19H,8-9,12H2,1H3,(H,21,23)/t19-/m1/s1. The lowest BCUT2D eigenvalue weighted by Gasteiger charge is -2.31. The van der Waals surface area contributed by atoms with E-state index in [1.807, 2.05) is 49.4 Å². The molecule has 2 aliphatic rings. The van der Waals surface area contributed by atoms with E-state index in [1.165, 1.54) is 0 Å². The fourth-order valence-electron chi connectivity index (χ4n) is 3.39. The Bertz CT molecular complexity index is 797. The van der Waals surface area contributed by atoms with Crippen molar-refractivity contribution in [1.82, 2.24) is 4.90 Å². The molecule has 1 heterocycles. The number of aryl methyl sites for hydroxylation is 1. The highest BCUT2D eigenvalue weighted by Gasteiger charge is 2.40. The normalized spacial score (nSPS) is 20.1. The van der Waals surface area contributed by atoms with Crippen LogP contribution in [0.2, 0.25) is 0 Å². The number of benzene rings is 2. The average Bonchev–Trinajstić information content (AvgIpc) is 3.42. The Labute approximate surface area is 141 Å². The molecule has 1 aliphatic carbocycles. The quantitative estimate of drug-likeness (QED) is 0.923. The Kier molecular flexibility index (Phi) is 3.60. The second kappa shape index (κ2) is 5.78. The Morgan fingerprint density at radius 2 is 1.88 bits per heavy atom. The fraction of sp³-hybridized carbons (Fsp3) is 0.300. The van der Waals surface area contributed by atoms with Crippen LogP contribution >= 0.6 is 0 Å². The van der Waals surface area contributed by atoms with Crippen LogP contribution in [-0.2, 0) is 9.59 Å². The van der Waals surface area contributed by atoms with Crippen LogP contribution < -0.4 is 5.32 Å². The van der Waals surface area contributed by atoms with Crippen molar-refractivity contribution < 1.29 is 9.59 Å². The number of fused-ring (bicyclic) bond motifs is 1. The van der Waals surface area contributed by atoms with E-state index in [-0.39, 0.29) is 30.3 Å². The van der Waals surface area contributed by atoms with Crippen molar-refractivity contribution in [1.29, 1.82) is 0 Å². The molecule has 1 fully saturated rings. The number of nitrogens with zero attached hydrogens (tertiary/aromatic N) is 1. The molecule has 1 saturated carbocycles. The van der Waals surface area contributed by atoms with Crippen molar-refractivity contribution in [2.24, 2.45) is 5.92 Å². The molecule has 0 bridgehead atoms. The maximum absolute atomic E-state index is 12.9. The Hall–Kier alpha value is -2.62. The first-order valence-electron chi connectivity index (χ1n) is 8.39. The lowest BCUT2D eigenvalue weighted by molar-refractivity contribution is -0.137. The number of hydrogen-bond acceptors (Lipinski definition) is 2. The summed E-state index contributed by atoms with van der Waals surface area (Å²) in [7, 11) is 0. The van der Waals surface area contributed by atoms with Gasteiger partial charge in [-0.2, -0.15) is 0 Å². The van der Waals surface area contributed by atoms with Gasteiger partial charge >= 0.3 is 0 Å². The van der Waals surface area contributed by atoms with Gasteiger partial charge in [0.2, 0.25) is 11.8 Å². The van der Waals surface area contributed by atoms with Crippen molar-refractivity contribution in [3.05, 3.63) is 65.2 Å². The van der Waals surface area contributed by atoms with E-state index in [9.17, 15) is 9.59 Å². The summed E-state index contributed by atoms with van der Waals surface area (Å²) < 4.78 is 0. The number of carbonyl (C=O) groups excluding carboxylic acids is 2. The molecule has 4 heteroatoms. The minimum absolute atomic E-state index is 0.0790. The predicted molar refractivity (Wildman–Crippen MR) is 92.5 cm³/mol. The van der Waals surface area contributed by atoms with Gasteiger partial charge in [-0.15, -0.1) is 0 Å². The summed E-state index contributed by atoms with van der Waals surface area (Å²) in [6.07, 6.45) is 1.86. The van der Waals surface area contributed by atoms with Crippen molar-refractivity contribution in [3.8, 4) is 0 Å². The summed E-state index contributed by atoms with van der Waals surface area (Å²) in [5, 5.41) is 2.96. The molecule has 0 spiro atoms. The van der Waals surface area contributed by atoms with Crippen LogP contribution in [-0.4, -0.2) is 23.3 Å². The molecule has 0 aromatic heterocycles. The van der Waals surface area contributed by atoms with Crippen LogP contribution in [0.15, 0.2) is 48.5 Å². The predicted octanol–water partition coefficient (Wildman–Crippen LogP) is 3.28. The molecule has 4 rings (SSSR count). The maximum atomic E-state index is 12.9. The van der Waals surface area contributed by atoms with Crippen LogP contribution in [0.3, 0.4) is 0 Å². The van der Waals surface area contributed by atoms with E-state index < -0.39 is 0 Å². The molecule has 1 atom stereocenters. The van der Waals surface area contributed by atoms with Crippen molar-refractivity contribution in [2.45, 2.75) is 25.8 Å². The van der Waals surface area contributed by atoms with E-state index in [4.69, 9.17) is 0 Å². The van der Waals surface area contributed by atoms with Crippen LogP contribution in [0, 0.1) is 12.8 Å². The third-order valence-electron chi connectivity index (χ3n) is 4.73. The smallest absolute Gasteiger partial charge is 0.244 e. The van der Waals surface area contributed by atoms with Gasteiger partial charge in [0.15, 0.2) is 0 Å². The zero-order chi connectivity index (χ0) is 16.7. The van der Waals surface area contributed by atoms with Crippen LogP contribution in [0.4, 0.5) is 5.69 Å². The topological polar surface area (TPSA) is 49.4 Å². The van der Waals surface area contributed by atoms with Crippen LogP contribution in [0.25, 0.3) is 0 Å². The molecule has 2 aromatic carbocycles. The highest BCUT2D eigenvalue weighted by molar-refractivity contribution is 5.97. The second-order valence-corrected chi connectivity index (χ2v) is 6.69. The molecule has 4 nitrogen and oxygen atoms in total. The van der Waals surface area contributed by atoms with E-state index in [1.54, 1.807) is 4.90 Å². The van der Waals surface area contributed by atoms with Crippen molar-refractivity contribution >= 4 is 17.5 Å². The molecule has 122 valence electrons. The molecule has 1 N–H and O–H groups in total. The monoisotopic (exact) mass is 320 g/mol. The van der Waals surface area contributed by atoms with E-state index in [0.717, 1.165) is 35.2 Å². The highest BCUT2D eigenvalue weighted by Crippen LogP contribution is 2.40.